The van der Waals surface area contributed by atoms with Crippen molar-refractivity contribution in [2.75, 3.05) is 6.54 Å². The van der Waals surface area contributed by atoms with Crippen LogP contribution >= 0.6 is 0 Å². The van der Waals surface area contributed by atoms with Gasteiger partial charge in [-0.05, 0) is 31.6 Å². The predicted octanol–water partition coefficient (Wildman–Crippen LogP) is 3.45. The predicted molar refractivity (Wildman–Crippen MR) is 70.1 cm³/mol. The molecule has 2 aliphatic rings. The third-order valence-corrected chi connectivity index (χ3v) is 3.97. The van der Waals surface area contributed by atoms with Gasteiger partial charge in [-0.2, -0.15) is 5.10 Å². The van der Waals surface area contributed by atoms with Crippen LogP contribution in [0.25, 0.3) is 0 Å². The minimum absolute atomic E-state index is 0.0520. The minimum atomic E-state index is -2.63. The zero-order chi connectivity index (χ0) is 14.0. The van der Waals surface area contributed by atoms with E-state index in [1.807, 2.05) is 0 Å². The summed E-state index contributed by atoms with van der Waals surface area (Å²) in [5.74, 6) is -2.91. The van der Waals surface area contributed by atoms with Crippen LogP contribution in [-0.2, 0) is 4.79 Å². The largest absolute Gasteiger partial charge is 0.273 e. The summed E-state index contributed by atoms with van der Waals surface area (Å²) in [5, 5.41) is 5.51. The number of amides is 1. The second kappa shape index (κ2) is 5.55. The number of hydrogen-bond donors (Lipinski definition) is 0. The number of rotatable bonds is 5. The molecule has 0 saturated heterocycles. The van der Waals surface area contributed by atoms with Gasteiger partial charge in [-0.25, -0.2) is 13.8 Å². The van der Waals surface area contributed by atoms with Crippen LogP contribution in [0.15, 0.2) is 5.10 Å². The number of carbonyl (C=O) groups is 1. The maximum Gasteiger partial charge on any atom is 0.252 e. The molecule has 0 radical (unpaired) electrons. The Morgan fingerprint density at radius 1 is 1.47 bits per heavy atom. The molecule has 1 unspecified atom stereocenters. The Hall–Kier alpha value is -1.00. The molecule has 0 N–H and O–H groups in total. The first-order valence-electron chi connectivity index (χ1n) is 7.13. The summed E-state index contributed by atoms with van der Waals surface area (Å²) < 4.78 is 27.1. The molecule has 1 fully saturated rings. The van der Waals surface area contributed by atoms with Gasteiger partial charge in [0.1, 0.15) is 0 Å². The molecule has 2 rings (SSSR count). The third kappa shape index (κ3) is 3.51. The average molecular weight is 272 g/mol. The number of alkyl halides is 2. The summed E-state index contributed by atoms with van der Waals surface area (Å²) in [6.45, 7) is 4.32. The highest BCUT2D eigenvalue weighted by atomic mass is 19.3. The minimum Gasteiger partial charge on any atom is -0.273 e. The molecule has 1 aliphatic carbocycles. The highest BCUT2D eigenvalue weighted by Gasteiger charge is 2.45. The molecule has 0 aromatic heterocycles. The lowest BCUT2D eigenvalue weighted by Crippen LogP contribution is -2.34. The second-order valence-corrected chi connectivity index (χ2v) is 6.10. The Morgan fingerprint density at radius 2 is 2.21 bits per heavy atom. The number of nitrogens with zero attached hydrogens (tertiary/aromatic N) is 2. The van der Waals surface area contributed by atoms with Gasteiger partial charge in [0.25, 0.3) is 5.92 Å². The highest BCUT2D eigenvalue weighted by molar-refractivity contribution is 6.04. The quantitative estimate of drug-likeness (QED) is 0.754. The molecule has 108 valence electrons. The van der Waals surface area contributed by atoms with Crippen molar-refractivity contribution in [1.82, 2.24) is 5.01 Å². The Morgan fingerprint density at radius 3 is 2.79 bits per heavy atom. The van der Waals surface area contributed by atoms with Gasteiger partial charge >= 0.3 is 0 Å². The van der Waals surface area contributed by atoms with E-state index in [0.29, 0.717) is 25.2 Å². The Kier molecular flexibility index (Phi) is 4.21. The van der Waals surface area contributed by atoms with Gasteiger partial charge in [0.2, 0.25) is 5.91 Å². The molecule has 19 heavy (non-hydrogen) atoms. The smallest absolute Gasteiger partial charge is 0.252 e. The summed E-state index contributed by atoms with van der Waals surface area (Å²) in [4.78, 5) is 11.8. The van der Waals surface area contributed by atoms with E-state index in [4.69, 9.17) is 0 Å². The van der Waals surface area contributed by atoms with E-state index < -0.39 is 11.8 Å². The SMILES string of the molecule is CC(C)CCC1=NN(CC2CCCC2(F)F)C(=O)C1. The van der Waals surface area contributed by atoms with E-state index in [2.05, 4.69) is 18.9 Å². The molecule has 1 heterocycles. The maximum atomic E-state index is 13.6. The second-order valence-electron chi connectivity index (χ2n) is 6.10. The van der Waals surface area contributed by atoms with E-state index in [1.54, 1.807) is 0 Å². The van der Waals surface area contributed by atoms with Gasteiger partial charge in [-0.15, -0.1) is 0 Å². The van der Waals surface area contributed by atoms with Crippen LogP contribution in [0.5, 0.6) is 0 Å². The van der Waals surface area contributed by atoms with Crippen LogP contribution in [0.1, 0.15) is 52.4 Å². The molecule has 5 heteroatoms. The Balaban J connectivity index is 1.91. The zero-order valence-corrected chi connectivity index (χ0v) is 11.7. The van der Waals surface area contributed by atoms with Gasteiger partial charge < -0.3 is 0 Å². The first-order valence-corrected chi connectivity index (χ1v) is 7.13. The Labute approximate surface area is 113 Å². The van der Waals surface area contributed by atoms with Crippen LogP contribution in [-0.4, -0.2) is 29.1 Å². The van der Waals surface area contributed by atoms with E-state index in [1.165, 1.54) is 5.01 Å². The summed E-state index contributed by atoms with van der Waals surface area (Å²) >= 11 is 0. The van der Waals surface area contributed by atoms with Crippen LogP contribution in [0.2, 0.25) is 0 Å². The van der Waals surface area contributed by atoms with Crippen LogP contribution in [0.3, 0.4) is 0 Å². The van der Waals surface area contributed by atoms with Crippen molar-refractivity contribution < 1.29 is 13.6 Å². The Bertz CT molecular complexity index is 380. The molecule has 0 aromatic carbocycles. The fourth-order valence-corrected chi connectivity index (χ4v) is 2.70. The first kappa shape index (κ1) is 14.4. The number of hydrogen-bond acceptors (Lipinski definition) is 2. The number of hydrazone groups is 1. The summed E-state index contributed by atoms with van der Waals surface area (Å²) in [6.07, 6.45) is 3.08. The molecule has 0 aromatic rings. The standard InChI is InChI=1S/C14H22F2N2O/c1-10(2)5-6-12-8-13(19)18(17-12)9-11-4-3-7-14(11,15)16/h10-11H,3-9H2,1-2H3. The molecule has 1 amide bonds. The zero-order valence-electron chi connectivity index (χ0n) is 11.7. The summed E-state index contributed by atoms with van der Waals surface area (Å²) in [7, 11) is 0. The van der Waals surface area contributed by atoms with Crippen LogP contribution in [0.4, 0.5) is 8.78 Å². The van der Waals surface area contributed by atoms with Crippen molar-refractivity contribution in [3.05, 3.63) is 0 Å². The molecule has 3 nitrogen and oxygen atoms in total. The van der Waals surface area contributed by atoms with Crippen molar-refractivity contribution in [3.8, 4) is 0 Å². The third-order valence-electron chi connectivity index (χ3n) is 3.97. The van der Waals surface area contributed by atoms with Gasteiger partial charge in [0, 0.05) is 18.1 Å². The van der Waals surface area contributed by atoms with Crippen molar-refractivity contribution in [3.63, 3.8) is 0 Å². The van der Waals surface area contributed by atoms with Gasteiger partial charge in [0.05, 0.1) is 13.0 Å². The molecule has 0 bridgehead atoms. The van der Waals surface area contributed by atoms with Gasteiger partial charge in [-0.3, -0.25) is 4.79 Å². The number of carbonyl (C=O) groups excluding carboxylic acids is 1. The van der Waals surface area contributed by atoms with Crippen LogP contribution < -0.4 is 0 Å². The van der Waals surface area contributed by atoms with Crippen molar-refractivity contribution in [1.29, 1.82) is 0 Å². The molecule has 1 aliphatic heterocycles. The normalized spacial score (nSPS) is 26.4. The average Bonchev–Trinajstić information content (AvgIpc) is 2.81. The lowest BCUT2D eigenvalue weighted by atomic mass is 10.0. The topological polar surface area (TPSA) is 32.7 Å². The fraction of sp³-hybridized carbons (Fsp3) is 0.857. The monoisotopic (exact) mass is 272 g/mol. The van der Waals surface area contributed by atoms with Crippen molar-refractivity contribution >= 4 is 11.6 Å². The highest BCUT2D eigenvalue weighted by Crippen LogP contribution is 2.41. The van der Waals surface area contributed by atoms with Gasteiger partial charge in [0.15, 0.2) is 0 Å². The summed E-state index contributed by atoms with van der Waals surface area (Å²) in [6, 6.07) is 0. The van der Waals surface area contributed by atoms with Crippen LogP contribution in [0, 0.1) is 11.8 Å². The lowest BCUT2D eigenvalue weighted by molar-refractivity contribution is -0.131. The van der Waals surface area contributed by atoms with E-state index in [9.17, 15) is 13.6 Å². The lowest BCUT2D eigenvalue weighted by Gasteiger charge is -2.22. The fourth-order valence-electron chi connectivity index (χ4n) is 2.70. The van der Waals surface area contributed by atoms with Gasteiger partial charge in [-0.1, -0.05) is 13.8 Å². The number of halogens is 2. The molecule has 1 atom stereocenters. The van der Waals surface area contributed by atoms with Crippen molar-refractivity contribution in [2.24, 2.45) is 16.9 Å². The maximum absolute atomic E-state index is 13.6. The van der Waals surface area contributed by atoms with E-state index in [-0.39, 0.29) is 18.9 Å². The molecule has 1 saturated carbocycles. The summed E-state index contributed by atoms with van der Waals surface area (Å²) in [5.41, 5.74) is 0.847. The first-order chi connectivity index (χ1) is 8.88. The van der Waals surface area contributed by atoms with E-state index >= 15 is 0 Å². The molecular formula is C14H22F2N2O. The van der Waals surface area contributed by atoms with Crippen molar-refractivity contribution in [2.45, 2.75) is 58.3 Å². The molecular weight excluding hydrogens is 250 g/mol. The van der Waals surface area contributed by atoms with E-state index in [0.717, 1.165) is 18.6 Å². The molecule has 0 spiro atoms.